The topological polar surface area (TPSA) is 136 Å². The Hall–Kier alpha value is -2.23. The van der Waals surface area contributed by atoms with E-state index in [9.17, 15) is 9.59 Å². The van der Waals surface area contributed by atoms with Crippen molar-refractivity contribution in [2.45, 2.75) is 6.04 Å². The van der Waals surface area contributed by atoms with E-state index in [1.54, 1.807) is 17.6 Å². The second-order valence-corrected chi connectivity index (χ2v) is 5.11. The molecule has 0 bridgehead atoms. The van der Waals surface area contributed by atoms with Gasteiger partial charge in [0.1, 0.15) is 11.7 Å². The SMILES string of the molecule is COCC(N)C(=O)Nc1nc(-c2c[nH]c(C(N)=O)c2)cs1. The van der Waals surface area contributed by atoms with Crippen LogP contribution in [0.15, 0.2) is 17.6 Å². The van der Waals surface area contributed by atoms with Crippen molar-refractivity contribution in [3.8, 4) is 11.3 Å². The van der Waals surface area contributed by atoms with Crippen LogP contribution < -0.4 is 16.8 Å². The summed E-state index contributed by atoms with van der Waals surface area (Å²) in [4.78, 5) is 29.8. The van der Waals surface area contributed by atoms with E-state index in [-0.39, 0.29) is 12.5 Å². The lowest BCUT2D eigenvalue weighted by atomic mass is 10.2. The lowest BCUT2D eigenvalue weighted by Crippen LogP contribution is -2.39. The van der Waals surface area contributed by atoms with Crippen molar-refractivity contribution in [2.24, 2.45) is 11.5 Å². The molecule has 0 aliphatic carbocycles. The fraction of sp³-hybridized carbons (Fsp3) is 0.250. The average Bonchev–Trinajstić information content (AvgIpc) is 3.06. The minimum Gasteiger partial charge on any atom is -0.383 e. The maximum atomic E-state index is 11.7. The van der Waals surface area contributed by atoms with Gasteiger partial charge >= 0.3 is 0 Å². The Kier molecular flexibility index (Phi) is 4.68. The minimum absolute atomic E-state index is 0.129. The number of anilines is 1. The number of nitrogens with zero attached hydrogens (tertiary/aromatic N) is 1. The van der Waals surface area contributed by atoms with Crippen LogP contribution in [0.5, 0.6) is 0 Å². The summed E-state index contributed by atoms with van der Waals surface area (Å²) < 4.78 is 4.81. The Balaban J connectivity index is 2.07. The van der Waals surface area contributed by atoms with Crippen LogP contribution in [0.2, 0.25) is 0 Å². The molecule has 0 saturated heterocycles. The van der Waals surface area contributed by atoms with Crippen molar-refractivity contribution >= 4 is 28.3 Å². The number of aromatic amines is 1. The number of carbonyl (C=O) groups is 2. The molecule has 9 heteroatoms. The number of primary amides is 1. The summed E-state index contributed by atoms with van der Waals surface area (Å²) in [6.07, 6.45) is 1.62. The highest BCUT2D eigenvalue weighted by molar-refractivity contribution is 7.14. The molecule has 2 rings (SSSR count). The zero-order valence-electron chi connectivity index (χ0n) is 11.3. The van der Waals surface area contributed by atoms with Gasteiger partial charge in [0.2, 0.25) is 5.91 Å². The first-order valence-corrected chi connectivity index (χ1v) is 6.88. The van der Waals surface area contributed by atoms with E-state index in [1.165, 1.54) is 18.4 Å². The molecule has 21 heavy (non-hydrogen) atoms. The van der Waals surface area contributed by atoms with E-state index in [4.69, 9.17) is 16.2 Å². The number of nitrogens with two attached hydrogens (primary N) is 2. The van der Waals surface area contributed by atoms with E-state index in [0.29, 0.717) is 22.1 Å². The Bertz CT molecular complexity index is 651. The maximum Gasteiger partial charge on any atom is 0.265 e. The van der Waals surface area contributed by atoms with Gasteiger partial charge < -0.3 is 26.5 Å². The largest absolute Gasteiger partial charge is 0.383 e. The molecule has 0 aromatic carbocycles. The van der Waals surface area contributed by atoms with Crippen molar-refractivity contribution in [3.63, 3.8) is 0 Å². The second kappa shape index (κ2) is 6.48. The van der Waals surface area contributed by atoms with E-state index in [2.05, 4.69) is 15.3 Å². The molecule has 2 aromatic rings. The number of ether oxygens (including phenoxy) is 1. The highest BCUT2D eigenvalue weighted by Gasteiger charge is 2.15. The summed E-state index contributed by atoms with van der Waals surface area (Å²) in [6, 6.07) is 0.843. The molecule has 6 N–H and O–H groups in total. The van der Waals surface area contributed by atoms with Gasteiger partial charge in [0.25, 0.3) is 5.91 Å². The Labute approximate surface area is 124 Å². The number of amides is 2. The number of thiazole rings is 1. The molecule has 2 heterocycles. The predicted molar refractivity (Wildman–Crippen MR) is 78.9 cm³/mol. The Morgan fingerprint density at radius 3 is 2.95 bits per heavy atom. The fourth-order valence-corrected chi connectivity index (χ4v) is 2.32. The van der Waals surface area contributed by atoms with Gasteiger partial charge in [0.05, 0.1) is 12.3 Å². The Morgan fingerprint density at radius 1 is 1.57 bits per heavy atom. The van der Waals surface area contributed by atoms with Crippen LogP contribution in [-0.4, -0.2) is 41.5 Å². The number of methoxy groups -OCH3 is 1. The van der Waals surface area contributed by atoms with Crippen molar-refractivity contribution in [1.29, 1.82) is 0 Å². The first-order chi connectivity index (χ1) is 10.0. The summed E-state index contributed by atoms with van der Waals surface area (Å²) >= 11 is 1.26. The smallest absolute Gasteiger partial charge is 0.265 e. The fourth-order valence-electron chi connectivity index (χ4n) is 1.60. The van der Waals surface area contributed by atoms with E-state index >= 15 is 0 Å². The number of aromatic nitrogens is 2. The minimum atomic E-state index is -0.754. The normalized spacial score (nSPS) is 12.1. The van der Waals surface area contributed by atoms with Gasteiger partial charge in [-0.2, -0.15) is 0 Å². The van der Waals surface area contributed by atoms with Crippen molar-refractivity contribution < 1.29 is 14.3 Å². The third-order valence-corrected chi connectivity index (χ3v) is 3.42. The lowest BCUT2D eigenvalue weighted by Gasteiger charge is -2.08. The summed E-state index contributed by atoms with van der Waals surface area (Å²) in [7, 11) is 1.47. The molecular weight excluding hydrogens is 294 g/mol. The van der Waals surface area contributed by atoms with Crippen LogP contribution in [0.4, 0.5) is 5.13 Å². The third-order valence-electron chi connectivity index (χ3n) is 2.66. The second-order valence-electron chi connectivity index (χ2n) is 4.26. The van der Waals surface area contributed by atoms with Crippen LogP contribution in [0.25, 0.3) is 11.3 Å². The number of H-pyrrole nitrogens is 1. The van der Waals surface area contributed by atoms with Crippen molar-refractivity contribution in [2.75, 3.05) is 19.0 Å². The average molecular weight is 309 g/mol. The number of nitrogens with one attached hydrogen (secondary N) is 2. The van der Waals surface area contributed by atoms with E-state index in [0.717, 1.165) is 0 Å². The standard InChI is InChI=1S/C12H15N5O3S/c1-20-4-7(13)11(19)17-12-16-9(5-21-12)6-2-8(10(14)18)15-3-6/h2-3,5,7,15H,4,13H2,1H3,(H2,14,18)(H,16,17,19). The number of carbonyl (C=O) groups excluding carboxylic acids is 2. The highest BCUT2D eigenvalue weighted by Crippen LogP contribution is 2.25. The van der Waals surface area contributed by atoms with Crippen LogP contribution in [0.1, 0.15) is 10.5 Å². The van der Waals surface area contributed by atoms with E-state index in [1.807, 2.05) is 0 Å². The quantitative estimate of drug-likeness (QED) is 0.602. The first-order valence-electron chi connectivity index (χ1n) is 6.00. The van der Waals surface area contributed by atoms with Crippen molar-refractivity contribution in [3.05, 3.63) is 23.3 Å². The molecule has 1 unspecified atom stereocenters. The molecule has 0 fully saturated rings. The molecule has 0 radical (unpaired) electrons. The van der Waals surface area contributed by atoms with Crippen LogP contribution in [0, 0.1) is 0 Å². The number of rotatable bonds is 6. The van der Waals surface area contributed by atoms with Crippen LogP contribution in [-0.2, 0) is 9.53 Å². The van der Waals surface area contributed by atoms with Crippen molar-refractivity contribution in [1.82, 2.24) is 9.97 Å². The molecule has 0 aliphatic heterocycles. The number of hydrogen-bond acceptors (Lipinski definition) is 6. The molecule has 0 spiro atoms. The van der Waals surface area contributed by atoms with Crippen LogP contribution >= 0.6 is 11.3 Å². The summed E-state index contributed by atoms with van der Waals surface area (Å²) in [5, 5.41) is 4.78. The van der Waals surface area contributed by atoms with Gasteiger partial charge in [0, 0.05) is 24.3 Å². The molecule has 0 saturated carbocycles. The number of hydrogen-bond donors (Lipinski definition) is 4. The molecule has 0 aliphatic rings. The highest BCUT2D eigenvalue weighted by atomic mass is 32.1. The summed E-state index contributed by atoms with van der Waals surface area (Å²) in [5.41, 5.74) is 12.4. The van der Waals surface area contributed by atoms with Gasteiger partial charge in [-0.15, -0.1) is 11.3 Å². The maximum absolute atomic E-state index is 11.7. The third kappa shape index (κ3) is 3.66. The summed E-state index contributed by atoms with van der Waals surface area (Å²) in [6.45, 7) is 0.129. The lowest BCUT2D eigenvalue weighted by molar-refractivity contribution is -0.118. The van der Waals surface area contributed by atoms with Gasteiger partial charge in [-0.25, -0.2) is 4.98 Å². The molecule has 2 aromatic heterocycles. The Morgan fingerprint density at radius 2 is 2.33 bits per heavy atom. The molecular formula is C12H15N5O3S. The molecule has 112 valence electrons. The first kappa shape index (κ1) is 15.2. The van der Waals surface area contributed by atoms with Gasteiger partial charge in [-0.05, 0) is 6.07 Å². The van der Waals surface area contributed by atoms with Gasteiger partial charge in [-0.1, -0.05) is 0 Å². The van der Waals surface area contributed by atoms with Gasteiger partial charge in [-0.3, -0.25) is 9.59 Å². The predicted octanol–water partition coefficient (Wildman–Crippen LogP) is 0.149. The zero-order valence-corrected chi connectivity index (χ0v) is 12.1. The molecule has 2 amide bonds. The van der Waals surface area contributed by atoms with Gasteiger partial charge in [0.15, 0.2) is 5.13 Å². The van der Waals surface area contributed by atoms with Crippen LogP contribution in [0.3, 0.4) is 0 Å². The summed E-state index contributed by atoms with van der Waals surface area (Å²) in [5.74, 6) is -0.916. The van der Waals surface area contributed by atoms with E-state index < -0.39 is 11.9 Å². The monoisotopic (exact) mass is 309 g/mol. The zero-order chi connectivity index (χ0) is 15.4. The molecule has 8 nitrogen and oxygen atoms in total. The molecule has 1 atom stereocenters.